The second-order valence-electron chi connectivity index (χ2n) is 4.13. The number of hydrogen-bond donors (Lipinski definition) is 2. The summed E-state index contributed by atoms with van der Waals surface area (Å²) in [4.78, 5) is 0.140. The Morgan fingerprint density at radius 1 is 1.44 bits per heavy atom. The SMILES string of the molecule is CCC(COC)NCc1cccc(S(N)(=O)=O)c1. The molecule has 0 aliphatic heterocycles. The van der Waals surface area contributed by atoms with Crippen molar-refractivity contribution in [3.05, 3.63) is 29.8 Å². The van der Waals surface area contributed by atoms with Crippen LogP contribution in [-0.2, 0) is 21.3 Å². The first-order valence-electron chi connectivity index (χ1n) is 5.81. The predicted molar refractivity (Wildman–Crippen MR) is 70.6 cm³/mol. The van der Waals surface area contributed by atoms with Crippen molar-refractivity contribution in [1.29, 1.82) is 0 Å². The first-order chi connectivity index (χ1) is 8.47. The van der Waals surface area contributed by atoms with E-state index in [1.807, 2.05) is 6.07 Å². The molecular formula is C12H20N2O3S. The minimum Gasteiger partial charge on any atom is -0.383 e. The molecule has 5 nitrogen and oxygen atoms in total. The fourth-order valence-corrected chi connectivity index (χ4v) is 2.20. The Hall–Kier alpha value is -0.950. The Labute approximate surface area is 108 Å². The molecule has 3 N–H and O–H groups in total. The van der Waals surface area contributed by atoms with E-state index in [1.165, 1.54) is 6.07 Å². The van der Waals surface area contributed by atoms with Gasteiger partial charge in [-0.15, -0.1) is 0 Å². The number of primary sulfonamides is 1. The highest BCUT2D eigenvalue weighted by Gasteiger charge is 2.09. The monoisotopic (exact) mass is 272 g/mol. The number of ether oxygens (including phenoxy) is 1. The molecule has 1 aromatic carbocycles. The lowest BCUT2D eigenvalue weighted by Crippen LogP contribution is -2.32. The zero-order valence-electron chi connectivity index (χ0n) is 10.7. The lowest BCUT2D eigenvalue weighted by atomic mass is 10.2. The quantitative estimate of drug-likeness (QED) is 0.771. The topological polar surface area (TPSA) is 81.4 Å². The number of nitrogens with two attached hydrogens (primary N) is 1. The fraction of sp³-hybridized carbons (Fsp3) is 0.500. The summed E-state index contributed by atoms with van der Waals surface area (Å²) in [6.45, 7) is 3.29. The van der Waals surface area contributed by atoms with Crippen LogP contribution in [-0.4, -0.2) is 28.2 Å². The maximum atomic E-state index is 11.2. The van der Waals surface area contributed by atoms with Crippen LogP contribution >= 0.6 is 0 Å². The Bertz CT molecular complexity index is 474. The second-order valence-corrected chi connectivity index (χ2v) is 5.70. The molecule has 0 aliphatic carbocycles. The van der Waals surface area contributed by atoms with Crippen LogP contribution in [0.3, 0.4) is 0 Å². The highest BCUT2D eigenvalue weighted by atomic mass is 32.2. The standard InChI is InChI=1S/C12H20N2O3S/c1-3-11(9-17-2)14-8-10-5-4-6-12(7-10)18(13,15)16/h4-7,11,14H,3,8-9H2,1-2H3,(H2,13,15,16). The van der Waals surface area contributed by atoms with Crippen molar-refractivity contribution >= 4 is 10.0 Å². The Kier molecular flexibility index (Phi) is 5.74. The molecule has 102 valence electrons. The number of hydrogen-bond acceptors (Lipinski definition) is 4. The molecule has 0 bridgehead atoms. The summed E-state index contributed by atoms with van der Waals surface area (Å²) in [6, 6.07) is 6.88. The van der Waals surface area contributed by atoms with Crippen molar-refractivity contribution in [2.75, 3.05) is 13.7 Å². The van der Waals surface area contributed by atoms with Gasteiger partial charge in [0.2, 0.25) is 10.0 Å². The van der Waals surface area contributed by atoms with Gasteiger partial charge >= 0.3 is 0 Å². The van der Waals surface area contributed by atoms with E-state index in [9.17, 15) is 8.42 Å². The molecule has 1 unspecified atom stereocenters. The fourth-order valence-electron chi connectivity index (χ4n) is 1.62. The van der Waals surface area contributed by atoms with Crippen molar-refractivity contribution < 1.29 is 13.2 Å². The van der Waals surface area contributed by atoms with Crippen LogP contribution < -0.4 is 10.5 Å². The van der Waals surface area contributed by atoms with Crippen LogP contribution in [0.15, 0.2) is 29.2 Å². The summed E-state index contributed by atoms with van der Waals surface area (Å²) in [5, 5.41) is 8.39. The summed E-state index contributed by atoms with van der Waals surface area (Å²) >= 11 is 0. The van der Waals surface area contributed by atoms with Crippen LogP contribution in [0.25, 0.3) is 0 Å². The van der Waals surface area contributed by atoms with Gasteiger partial charge < -0.3 is 10.1 Å². The van der Waals surface area contributed by atoms with Crippen molar-refractivity contribution in [1.82, 2.24) is 5.32 Å². The van der Waals surface area contributed by atoms with Crippen LogP contribution in [0.5, 0.6) is 0 Å². The van der Waals surface area contributed by atoms with E-state index in [1.54, 1.807) is 19.2 Å². The van der Waals surface area contributed by atoms with Gasteiger partial charge in [0.25, 0.3) is 0 Å². The zero-order valence-corrected chi connectivity index (χ0v) is 11.5. The van der Waals surface area contributed by atoms with Crippen molar-refractivity contribution in [2.24, 2.45) is 5.14 Å². The third kappa shape index (κ3) is 4.73. The number of nitrogens with one attached hydrogen (secondary N) is 1. The van der Waals surface area contributed by atoms with Crippen LogP contribution in [0, 0.1) is 0 Å². The number of sulfonamides is 1. The van der Waals surface area contributed by atoms with Gasteiger partial charge in [0.05, 0.1) is 11.5 Å². The zero-order chi connectivity index (χ0) is 13.6. The molecule has 0 aliphatic rings. The normalized spacial score (nSPS) is 13.5. The van der Waals surface area contributed by atoms with Gasteiger partial charge in [-0.3, -0.25) is 0 Å². The Morgan fingerprint density at radius 2 is 2.17 bits per heavy atom. The largest absolute Gasteiger partial charge is 0.383 e. The van der Waals surface area contributed by atoms with Gasteiger partial charge in [-0.2, -0.15) is 0 Å². The number of rotatable bonds is 7. The molecule has 0 saturated carbocycles. The molecule has 0 radical (unpaired) electrons. The molecule has 0 amide bonds. The average molecular weight is 272 g/mol. The van der Waals surface area contributed by atoms with E-state index in [0.29, 0.717) is 13.2 Å². The van der Waals surface area contributed by atoms with E-state index in [0.717, 1.165) is 12.0 Å². The van der Waals surface area contributed by atoms with Gasteiger partial charge in [0, 0.05) is 19.7 Å². The third-order valence-electron chi connectivity index (χ3n) is 2.68. The number of methoxy groups -OCH3 is 1. The predicted octanol–water partition coefficient (Wildman–Crippen LogP) is 0.849. The van der Waals surface area contributed by atoms with Crippen molar-refractivity contribution in [3.63, 3.8) is 0 Å². The van der Waals surface area contributed by atoms with E-state index in [4.69, 9.17) is 9.88 Å². The minimum absolute atomic E-state index is 0.140. The molecular weight excluding hydrogens is 252 g/mol. The van der Waals surface area contributed by atoms with Crippen molar-refractivity contribution in [2.45, 2.75) is 30.8 Å². The van der Waals surface area contributed by atoms with E-state index in [2.05, 4.69) is 12.2 Å². The summed E-state index contributed by atoms with van der Waals surface area (Å²) in [5.74, 6) is 0. The molecule has 0 heterocycles. The molecule has 6 heteroatoms. The minimum atomic E-state index is -3.63. The first-order valence-corrected chi connectivity index (χ1v) is 7.36. The lowest BCUT2D eigenvalue weighted by Gasteiger charge is -2.16. The van der Waals surface area contributed by atoms with Gasteiger partial charge in [0.1, 0.15) is 0 Å². The highest BCUT2D eigenvalue weighted by Crippen LogP contribution is 2.10. The van der Waals surface area contributed by atoms with E-state index >= 15 is 0 Å². The first kappa shape index (κ1) is 15.1. The summed E-state index contributed by atoms with van der Waals surface area (Å²) < 4.78 is 27.5. The maximum absolute atomic E-state index is 11.2. The lowest BCUT2D eigenvalue weighted by molar-refractivity contribution is 0.164. The summed E-state index contributed by atoms with van der Waals surface area (Å²) in [6.07, 6.45) is 0.947. The van der Waals surface area contributed by atoms with E-state index < -0.39 is 10.0 Å². The Balaban J connectivity index is 2.68. The van der Waals surface area contributed by atoms with Crippen LogP contribution in [0.2, 0.25) is 0 Å². The molecule has 18 heavy (non-hydrogen) atoms. The smallest absolute Gasteiger partial charge is 0.238 e. The highest BCUT2D eigenvalue weighted by molar-refractivity contribution is 7.89. The second kappa shape index (κ2) is 6.84. The van der Waals surface area contributed by atoms with Gasteiger partial charge in [-0.25, -0.2) is 13.6 Å². The summed E-state index contributed by atoms with van der Waals surface area (Å²) in [5.41, 5.74) is 0.885. The molecule has 0 fully saturated rings. The number of benzene rings is 1. The average Bonchev–Trinajstić information content (AvgIpc) is 2.34. The van der Waals surface area contributed by atoms with Crippen LogP contribution in [0.1, 0.15) is 18.9 Å². The molecule has 1 rings (SSSR count). The van der Waals surface area contributed by atoms with Gasteiger partial charge in [-0.1, -0.05) is 19.1 Å². The van der Waals surface area contributed by atoms with Gasteiger partial charge in [0.15, 0.2) is 0 Å². The van der Waals surface area contributed by atoms with Crippen molar-refractivity contribution in [3.8, 4) is 0 Å². The molecule has 0 spiro atoms. The van der Waals surface area contributed by atoms with Gasteiger partial charge in [-0.05, 0) is 24.1 Å². The molecule has 1 atom stereocenters. The third-order valence-corrected chi connectivity index (χ3v) is 3.59. The summed E-state index contributed by atoms with van der Waals surface area (Å²) in [7, 11) is -1.97. The van der Waals surface area contributed by atoms with E-state index in [-0.39, 0.29) is 10.9 Å². The molecule has 1 aromatic rings. The van der Waals surface area contributed by atoms with Crippen LogP contribution in [0.4, 0.5) is 0 Å². The Morgan fingerprint density at radius 3 is 2.72 bits per heavy atom. The maximum Gasteiger partial charge on any atom is 0.238 e. The molecule has 0 saturated heterocycles. The molecule has 0 aromatic heterocycles.